The molecule has 5 rings (SSSR count). The smallest absolute Gasteiger partial charge is 0.226 e. The van der Waals surface area contributed by atoms with E-state index in [9.17, 15) is 9.90 Å². The summed E-state index contributed by atoms with van der Waals surface area (Å²) in [6, 6.07) is 6.11. The highest BCUT2D eigenvalue weighted by Gasteiger charge is 2.58. The lowest BCUT2D eigenvalue weighted by Gasteiger charge is -2.61. The zero-order chi connectivity index (χ0) is 18.3. The first-order valence-corrected chi connectivity index (χ1v) is 10.1. The lowest BCUT2D eigenvalue weighted by Crippen LogP contribution is -2.65. The Morgan fingerprint density at radius 1 is 1.19 bits per heavy atom. The lowest BCUT2D eigenvalue weighted by molar-refractivity contribution is -0.149. The number of amides is 1. The van der Waals surface area contributed by atoms with E-state index in [-0.39, 0.29) is 22.8 Å². The highest BCUT2D eigenvalue weighted by molar-refractivity contribution is 5.81. The summed E-state index contributed by atoms with van der Waals surface area (Å²) in [5.74, 6) is 2.00. The molecule has 138 valence electrons. The van der Waals surface area contributed by atoms with E-state index in [1.54, 1.807) is 6.07 Å². The third-order valence-corrected chi connectivity index (χ3v) is 8.51. The first-order chi connectivity index (χ1) is 12.3. The van der Waals surface area contributed by atoms with Gasteiger partial charge in [0.25, 0.3) is 0 Å². The zero-order valence-corrected chi connectivity index (χ0v) is 16.0. The maximum absolute atomic E-state index is 13.5. The van der Waals surface area contributed by atoms with E-state index in [0.717, 1.165) is 31.4 Å². The molecule has 1 aromatic carbocycles. The van der Waals surface area contributed by atoms with Gasteiger partial charge in [0.1, 0.15) is 5.75 Å². The van der Waals surface area contributed by atoms with Crippen LogP contribution in [-0.4, -0.2) is 28.5 Å². The van der Waals surface area contributed by atoms with Gasteiger partial charge in [-0.05, 0) is 60.1 Å². The summed E-state index contributed by atoms with van der Waals surface area (Å²) in [4.78, 5) is 15.7. The molecular weight excluding hydrogens is 322 g/mol. The van der Waals surface area contributed by atoms with Gasteiger partial charge in [-0.3, -0.25) is 4.79 Å². The van der Waals surface area contributed by atoms with Gasteiger partial charge in [-0.1, -0.05) is 45.1 Å². The summed E-state index contributed by atoms with van der Waals surface area (Å²) in [6.07, 6.45) is 8.52. The molecule has 2 fully saturated rings. The molecule has 1 saturated carbocycles. The molecule has 1 N–H and O–H groups in total. The van der Waals surface area contributed by atoms with Crippen molar-refractivity contribution >= 4 is 5.91 Å². The number of benzene rings is 1. The Morgan fingerprint density at radius 3 is 2.69 bits per heavy atom. The average Bonchev–Trinajstić information content (AvgIpc) is 3.21. The minimum Gasteiger partial charge on any atom is -0.508 e. The van der Waals surface area contributed by atoms with Gasteiger partial charge in [0, 0.05) is 23.9 Å². The second-order valence-electron chi connectivity index (χ2n) is 9.75. The number of nitrogens with zero attached hydrogens (tertiary/aromatic N) is 1. The van der Waals surface area contributed by atoms with Crippen LogP contribution in [0.3, 0.4) is 0 Å². The number of hydrogen-bond donors (Lipinski definition) is 1. The Kier molecular flexibility index (Phi) is 3.25. The van der Waals surface area contributed by atoms with Crippen LogP contribution in [0.15, 0.2) is 30.4 Å². The van der Waals surface area contributed by atoms with Crippen LogP contribution in [0.4, 0.5) is 0 Å². The SMILES string of the molecule is CC1(C)[C@H]2Cc3c(O)cccc3[C@]1(C)CCN2C(=O)[C@H]1CC2C=CC1C2. The Hall–Kier alpha value is -1.77. The Labute approximate surface area is 156 Å². The Balaban J connectivity index is 1.54. The first kappa shape index (κ1) is 16.4. The number of fused-ring (bicyclic) bond motifs is 6. The van der Waals surface area contributed by atoms with E-state index in [0.29, 0.717) is 23.5 Å². The van der Waals surface area contributed by atoms with Crippen molar-refractivity contribution in [3.05, 3.63) is 41.5 Å². The van der Waals surface area contributed by atoms with Crippen molar-refractivity contribution in [2.75, 3.05) is 6.54 Å². The third-order valence-electron chi connectivity index (χ3n) is 8.51. The van der Waals surface area contributed by atoms with Crippen molar-refractivity contribution in [1.29, 1.82) is 0 Å². The van der Waals surface area contributed by atoms with Gasteiger partial charge in [-0.2, -0.15) is 0 Å². The molecule has 3 heteroatoms. The Bertz CT molecular complexity index is 810. The second kappa shape index (κ2) is 5.15. The second-order valence-corrected chi connectivity index (χ2v) is 9.75. The van der Waals surface area contributed by atoms with Crippen molar-refractivity contribution in [3.63, 3.8) is 0 Å². The number of hydrogen-bond acceptors (Lipinski definition) is 2. The van der Waals surface area contributed by atoms with E-state index < -0.39 is 0 Å². The van der Waals surface area contributed by atoms with E-state index in [1.165, 1.54) is 12.0 Å². The van der Waals surface area contributed by atoms with Gasteiger partial charge in [0.05, 0.1) is 0 Å². The molecule has 1 amide bonds. The summed E-state index contributed by atoms with van der Waals surface area (Å²) in [5.41, 5.74) is 2.34. The predicted octanol–water partition coefficient (Wildman–Crippen LogP) is 4.05. The summed E-state index contributed by atoms with van der Waals surface area (Å²) in [5, 5.41) is 10.5. The average molecular weight is 351 g/mol. The largest absolute Gasteiger partial charge is 0.508 e. The number of carbonyl (C=O) groups is 1. The minimum absolute atomic E-state index is 0.00461. The molecular formula is C23H29NO2. The van der Waals surface area contributed by atoms with Crippen LogP contribution in [0, 0.1) is 23.2 Å². The molecule has 1 aromatic rings. The summed E-state index contributed by atoms with van der Waals surface area (Å²) >= 11 is 0. The maximum atomic E-state index is 13.5. The van der Waals surface area contributed by atoms with Gasteiger partial charge < -0.3 is 10.0 Å². The fourth-order valence-electron chi connectivity index (χ4n) is 6.47. The predicted molar refractivity (Wildman–Crippen MR) is 102 cm³/mol. The third kappa shape index (κ3) is 1.92. The van der Waals surface area contributed by atoms with Gasteiger partial charge >= 0.3 is 0 Å². The summed E-state index contributed by atoms with van der Waals surface area (Å²) in [7, 11) is 0. The molecule has 5 atom stereocenters. The topological polar surface area (TPSA) is 40.5 Å². The van der Waals surface area contributed by atoms with Crippen LogP contribution in [0.2, 0.25) is 0 Å². The van der Waals surface area contributed by atoms with Crippen molar-refractivity contribution < 1.29 is 9.90 Å². The van der Waals surface area contributed by atoms with Crippen LogP contribution in [0.1, 0.15) is 51.2 Å². The number of allylic oxidation sites excluding steroid dienone is 2. The van der Waals surface area contributed by atoms with Gasteiger partial charge in [-0.25, -0.2) is 0 Å². The first-order valence-electron chi connectivity index (χ1n) is 10.1. The molecule has 1 aliphatic heterocycles. The van der Waals surface area contributed by atoms with Gasteiger partial charge in [-0.15, -0.1) is 0 Å². The molecule has 1 saturated heterocycles. The summed E-state index contributed by atoms with van der Waals surface area (Å²) < 4.78 is 0. The van der Waals surface area contributed by atoms with Crippen molar-refractivity contribution in [1.82, 2.24) is 4.90 Å². The minimum atomic E-state index is -0.00480. The van der Waals surface area contributed by atoms with E-state index in [2.05, 4.69) is 43.9 Å². The van der Waals surface area contributed by atoms with Crippen LogP contribution in [-0.2, 0) is 16.6 Å². The molecule has 3 aliphatic carbocycles. The van der Waals surface area contributed by atoms with Crippen LogP contribution in [0.25, 0.3) is 0 Å². The molecule has 4 aliphatic rings. The maximum Gasteiger partial charge on any atom is 0.226 e. The number of likely N-dealkylation sites (tertiary alicyclic amines) is 1. The number of phenolic OH excluding ortho intramolecular Hbond substituents is 1. The molecule has 0 aromatic heterocycles. The number of rotatable bonds is 1. The van der Waals surface area contributed by atoms with Crippen LogP contribution < -0.4 is 0 Å². The van der Waals surface area contributed by atoms with Gasteiger partial charge in [0.2, 0.25) is 5.91 Å². The van der Waals surface area contributed by atoms with Crippen molar-refractivity contribution in [2.45, 2.75) is 57.9 Å². The quantitative estimate of drug-likeness (QED) is 0.776. The molecule has 26 heavy (non-hydrogen) atoms. The van der Waals surface area contributed by atoms with E-state index in [1.807, 2.05) is 6.07 Å². The lowest BCUT2D eigenvalue weighted by atomic mass is 9.51. The molecule has 4 bridgehead atoms. The van der Waals surface area contributed by atoms with Crippen molar-refractivity contribution in [2.24, 2.45) is 23.2 Å². The van der Waals surface area contributed by atoms with E-state index in [4.69, 9.17) is 0 Å². The highest BCUT2D eigenvalue weighted by Crippen LogP contribution is 2.57. The van der Waals surface area contributed by atoms with E-state index >= 15 is 0 Å². The monoisotopic (exact) mass is 351 g/mol. The van der Waals surface area contributed by atoms with Gasteiger partial charge in [0.15, 0.2) is 0 Å². The number of carbonyl (C=O) groups excluding carboxylic acids is 1. The fraction of sp³-hybridized carbons (Fsp3) is 0.609. The highest BCUT2D eigenvalue weighted by atomic mass is 16.3. The fourth-order valence-corrected chi connectivity index (χ4v) is 6.47. The van der Waals surface area contributed by atoms with Crippen molar-refractivity contribution in [3.8, 4) is 5.75 Å². The zero-order valence-electron chi connectivity index (χ0n) is 16.0. The Morgan fingerprint density at radius 2 is 2.00 bits per heavy atom. The normalized spacial score (nSPS) is 39.1. The molecule has 0 spiro atoms. The number of aromatic hydroxyl groups is 1. The number of piperidine rings is 1. The molecule has 1 heterocycles. The molecule has 0 radical (unpaired) electrons. The van der Waals surface area contributed by atoms with Crippen LogP contribution >= 0.6 is 0 Å². The number of phenols is 1. The molecule has 3 nitrogen and oxygen atoms in total. The standard InChI is InChI=1S/C23H29NO2/c1-22(2)20-13-17-18(5-4-6-19(17)25)23(22,3)9-10-24(20)21(26)16-12-14-7-8-15(16)11-14/h4-8,14-16,20,25H,9-13H2,1-3H3/t14?,15?,16-,20+,23-/m0/s1. The van der Waals surface area contributed by atoms with Crippen LogP contribution in [0.5, 0.6) is 5.75 Å². The molecule has 2 unspecified atom stereocenters. The summed E-state index contributed by atoms with van der Waals surface area (Å²) in [6.45, 7) is 7.82.